The second kappa shape index (κ2) is 5.91. The van der Waals surface area contributed by atoms with E-state index in [2.05, 4.69) is 26.0 Å². The summed E-state index contributed by atoms with van der Waals surface area (Å²) in [5.74, 6) is 0.596. The Balaban J connectivity index is 1.90. The smallest absolute Gasteiger partial charge is 0.320 e. The van der Waals surface area contributed by atoms with Gasteiger partial charge in [0.2, 0.25) is 5.28 Å². The highest BCUT2D eigenvalue weighted by Crippen LogP contribution is 2.23. The number of rotatable bonds is 4. The van der Waals surface area contributed by atoms with Crippen LogP contribution in [0.1, 0.15) is 23.3 Å². The molecule has 21 heavy (non-hydrogen) atoms. The average molecular weight is 321 g/mol. The van der Waals surface area contributed by atoms with Gasteiger partial charge in [0.15, 0.2) is 0 Å². The molecule has 0 unspecified atom stereocenters. The lowest BCUT2D eigenvalue weighted by atomic mass is 10.1. The molecule has 0 amide bonds. The Bertz CT molecular complexity index is 790. The van der Waals surface area contributed by atoms with Crippen molar-refractivity contribution in [2.45, 2.75) is 20.3 Å². The molecule has 0 aliphatic rings. The van der Waals surface area contributed by atoms with Crippen LogP contribution in [0.3, 0.4) is 0 Å². The Morgan fingerprint density at radius 3 is 2.86 bits per heavy atom. The van der Waals surface area contributed by atoms with Gasteiger partial charge in [-0.2, -0.15) is 9.97 Å². The van der Waals surface area contributed by atoms with Crippen LogP contribution < -0.4 is 4.74 Å². The predicted molar refractivity (Wildman–Crippen MR) is 83.2 cm³/mol. The van der Waals surface area contributed by atoms with Gasteiger partial charge in [-0.1, -0.05) is 6.07 Å². The minimum atomic E-state index is 0.151. The summed E-state index contributed by atoms with van der Waals surface area (Å²) in [5.41, 5.74) is 2.13. The van der Waals surface area contributed by atoms with Crippen molar-refractivity contribution in [2.75, 3.05) is 6.61 Å². The highest BCUT2D eigenvalue weighted by Gasteiger charge is 2.08. The van der Waals surface area contributed by atoms with E-state index in [0.29, 0.717) is 18.9 Å². The first kappa shape index (κ1) is 14.2. The zero-order valence-corrected chi connectivity index (χ0v) is 13.2. The van der Waals surface area contributed by atoms with Gasteiger partial charge in [0.25, 0.3) is 0 Å². The first-order valence-electron chi connectivity index (χ1n) is 6.53. The molecule has 2 heterocycles. The van der Waals surface area contributed by atoms with E-state index >= 15 is 0 Å². The summed E-state index contributed by atoms with van der Waals surface area (Å²) in [4.78, 5) is 16.8. The van der Waals surface area contributed by atoms with E-state index in [4.69, 9.17) is 16.3 Å². The fraction of sp³-hybridized carbons (Fsp3) is 0.286. The molecule has 0 aliphatic heterocycles. The van der Waals surface area contributed by atoms with Crippen LogP contribution in [-0.2, 0) is 6.42 Å². The summed E-state index contributed by atoms with van der Waals surface area (Å²) in [6, 6.07) is 6.42. The number of ether oxygens (including phenoxy) is 1. The minimum Gasteiger partial charge on any atom is -0.464 e. The molecule has 0 aliphatic carbocycles. The number of thiazole rings is 1. The zero-order valence-electron chi connectivity index (χ0n) is 11.6. The van der Waals surface area contributed by atoms with Crippen molar-refractivity contribution in [1.82, 2.24) is 19.9 Å². The van der Waals surface area contributed by atoms with Gasteiger partial charge in [-0.05, 0) is 43.1 Å². The third kappa shape index (κ3) is 3.28. The topological polar surface area (TPSA) is 60.8 Å². The van der Waals surface area contributed by atoms with Crippen LogP contribution in [0.2, 0.25) is 5.28 Å². The van der Waals surface area contributed by atoms with Crippen molar-refractivity contribution in [3.63, 3.8) is 0 Å². The third-order valence-corrected chi connectivity index (χ3v) is 3.93. The van der Waals surface area contributed by atoms with Gasteiger partial charge in [0, 0.05) is 6.42 Å². The maximum Gasteiger partial charge on any atom is 0.320 e. The van der Waals surface area contributed by atoms with E-state index in [1.54, 1.807) is 11.3 Å². The molecular formula is C14H13ClN4OS. The number of benzene rings is 1. The van der Waals surface area contributed by atoms with Crippen LogP contribution in [0.5, 0.6) is 6.01 Å². The van der Waals surface area contributed by atoms with E-state index in [9.17, 15) is 0 Å². The second-order valence-corrected chi connectivity index (χ2v) is 6.02. The zero-order chi connectivity index (χ0) is 14.8. The van der Waals surface area contributed by atoms with Crippen molar-refractivity contribution >= 4 is 33.2 Å². The maximum absolute atomic E-state index is 5.90. The van der Waals surface area contributed by atoms with Gasteiger partial charge in [-0.25, -0.2) is 9.97 Å². The maximum atomic E-state index is 5.90. The highest BCUT2D eigenvalue weighted by molar-refractivity contribution is 7.18. The molecule has 0 saturated carbocycles. The lowest BCUT2D eigenvalue weighted by Gasteiger charge is -2.04. The standard InChI is InChI=1S/C14H13ClN4OS/c1-3-20-14-18-12(17-13(15)19-14)7-9-4-5-10-11(6-9)21-8(2)16-10/h4-6H,3,7H2,1-2H3. The molecule has 3 rings (SSSR count). The summed E-state index contributed by atoms with van der Waals surface area (Å²) in [7, 11) is 0. The molecule has 5 nitrogen and oxygen atoms in total. The largest absolute Gasteiger partial charge is 0.464 e. The molecule has 0 fully saturated rings. The lowest BCUT2D eigenvalue weighted by Crippen LogP contribution is -2.04. The number of aryl methyl sites for hydroxylation is 1. The average Bonchev–Trinajstić information content (AvgIpc) is 2.77. The molecule has 0 spiro atoms. The van der Waals surface area contributed by atoms with Crippen LogP contribution in [0.25, 0.3) is 10.2 Å². The number of aromatic nitrogens is 4. The van der Waals surface area contributed by atoms with Crippen molar-refractivity contribution in [3.05, 3.63) is 39.9 Å². The molecule has 0 N–H and O–H groups in total. The summed E-state index contributed by atoms with van der Waals surface area (Å²) >= 11 is 7.58. The SMILES string of the molecule is CCOc1nc(Cl)nc(Cc2ccc3nc(C)sc3c2)n1. The number of nitrogens with zero attached hydrogens (tertiary/aromatic N) is 4. The van der Waals surface area contributed by atoms with Gasteiger partial charge in [-0.15, -0.1) is 11.3 Å². The van der Waals surface area contributed by atoms with Gasteiger partial charge < -0.3 is 4.74 Å². The van der Waals surface area contributed by atoms with Gasteiger partial charge in [0.1, 0.15) is 5.82 Å². The summed E-state index contributed by atoms with van der Waals surface area (Å²) in [6.07, 6.45) is 0.579. The van der Waals surface area contributed by atoms with Crippen LogP contribution in [0.15, 0.2) is 18.2 Å². The number of fused-ring (bicyclic) bond motifs is 1. The van der Waals surface area contributed by atoms with Crippen LogP contribution in [-0.4, -0.2) is 26.5 Å². The molecule has 0 bridgehead atoms. The number of halogens is 1. The van der Waals surface area contributed by atoms with E-state index in [-0.39, 0.29) is 11.3 Å². The fourth-order valence-corrected chi connectivity index (χ4v) is 3.08. The molecule has 3 aromatic rings. The van der Waals surface area contributed by atoms with E-state index in [1.165, 1.54) is 0 Å². The molecule has 7 heteroatoms. The van der Waals surface area contributed by atoms with Crippen molar-refractivity contribution < 1.29 is 4.74 Å². The van der Waals surface area contributed by atoms with Gasteiger partial charge >= 0.3 is 6.01 Å². The second-order valence-electron chi connectivity index (χ2n) is 4.45. The third-order valence-electron chi connectivity index (χ3n) is 2.83. The van der Waals surface area contributed by atoms with E-state index in [1.807, 2.05) is 26.0 Å². The Kier molecular flexibility index (Phi) is 3.98. The van der Waals surface area contributed by atoms with Gasteiger partial charge in [-0.3, -0.25) is 0 Å². The summed E-state index contributed by atoms with van der Waals surface area (Å²) < 4.78 is 6.45. The Morgan fingerprint density at radius 2 is 2.05 bits per heavy atom. The lowest BCUT2D eigenvalue weighted by molar-refractivity contribution is 0.310. The first-order valence-corrected chi connectivity index (χ1v) is 7.73. The molecule has 2 aromatic heterocycles. The van der Waals surface area contributed by atoms with Crippen LogP contribution in [0, 0.1) is 6.92 Å². The van der Waals surface area contributed by atoms with Crippen molar-refractivity contribution in [1.29, 1.82) is 0 Å². The number of hydrogen-bond donors (Lipinski definition) is 0. The normalized spacial score (nSPS) is 11.0. The predicted octanol–water partition coefficient (Wildman–Crippen LogP) is 3.43. The molecule has 1 aromatic carbocycles. The minimum absolute atomic E-state index is 0.151. The quantitative estimate of drug-likeness (QED) is 0.737. The molecule has 0 radical (unpaired) electrons. The van der Waals surface area contributed by atoms with Crippen LogP contribution >= 0.6 is 22.9 Å². The monoisotopic (exact) mass is 320 g/mol. The van der Waals surface area contributed by atoms with E-state index in [0.717, 1.165) is 20.8 Å². The fourth-order valence-electron chi connectivity index (χ4n) is 2.02. The Labute approximate surface area is 131 Å². The summed E-state index contributed by atoms with van der Waals surface area (Å²) in [5, 5.41) is 1.21. The van der Waals surface area contributed by atoms with E-state index < -0.39 is 0 Å². The molecule has 0 atom stereocenters. The molecule has 108 valence electrons. The van der Waals surface area contributed by atoms with Crippen LogP contribution in [0.4, 0.5) is 0 Å². The number of hydrogen-bond acceptors (Lipinski definition) is 6. The first-order chi connectivity index (χ1) is 10.1. The molecule has 0 saturated heterocycles. The van der Waals surface area contributed by atoms with Gasteiger partial charge in [0.05, 0.1) is 21.8 Å². The van der Waals surface area contributed by atoms with Crippen molar-refractivity contribution in [3.8, 4) is 6.01 Å². The highest BCUT2D eigenvalue weighted by atomic mass is 35.5. The van der Waals surface area contributed by atoms with Crippen molar-refractivity contribution in [2.24, 2.45) is 0 Å². The Hall–Kier alpha value is -1.79. The Morgan fingerprint density at radius 1 is 1.19 bits per heavy atom. The summed E-state index contributed by atoms with van der Waals surface area (Å²) in [6.45, 7) is 4.37. The molecular weight excluding hydrogens is 308 g/mol.